The van der Waals surface area contributed by atoms with E-state index in [0.29, 0.717) is 16.6 Å². The summed E-state index contributed by atoms with van der Waals surface area (Å²) >= 11 is 11.9. The Labute approximate surface area is 157 Å². The second kappa shape index (κ2) is 9.97. The summed E-state index contributed by atoms with van der Waals surface area (Å²) in [7, 11) is 1.73. The summed E-state index contributed by atoms with van der Waals surface area (Å²) in [5, 5.41) is 7.71. The van der Waals surface area contributed by atoms with Gasteiger partial charge in [0.2, 0.25) is 0 Å². The van der Waals surface area contributed by atoms with Crippen molar-refractivity contribution in [2.24, 2.45) is 4.99 Å². The van der Waals surface area contributed by atoms with Crippen LogP contribution in [-0.2, 0) is 13.0 Å². The maximum Gasteiger partial charge on any atom is 0.191 e. The molecule has 0 spiro atoms. The van der Waals surface area contributed by atoms with E-state index in [0.717, 1.165) is 30.2 Å². The minimum absolute atomic E-state index is 0. The predicted octanol–water partition coefficient (Wildman–Crippen LogP) is 4.11. The Morgan fingerprint density at radius 2 is 1.91 bits per heavy atom. The van der Waals surface area contributed by atoms with Crippen LogP contribution in [0, 0.1) is 0 Å². The van der Waals surface area contributed by atoms with Gasteiger partial charge in [0.05, 0.1) is 12.8 Å². The first kappa shape index (κ1) is 19.1. The normalized spacial score (nSPS) is 11.0. The molecule has 0 unspecified atom stereocenters. The standard InChI is InChI=1S/C15H17Cl2N3O.HI/c1-18-15(20-10-14-3-2-6-21-14)19-5-4-11-7-12(16)9-13(17)8-11;/h2-3,6-9H,4-5,10H2,1H3,(H2,18,19,20);1H. The summed E-state index contributed by atoms with van der Waals surface area (Å²) in [5.41, 5.74) is 1.08. The van der Waals surface area contributed by atoms with Crippen LogP contribution in [0.5, 0.6) is 0 Å². The quantitative estimate of drug-likeness (QED) is 0.407. The summed E-state index contributed by atoms with van der Waals surface area (Å²) in [4.78, 5) is 4.15. The second-order valence-corrected chi connectivity index (χ2v) is 5.33. The SMILES string of the molecule is CN=C(NCCc1cc(Cl)cc(Cl)c1)NCc1ccco1.I. The van der Waals surface area contributed by atoms with Gasteiger partial charge in [-0.1, -0.05) is 23.2 Å². The van der Waals surface area contributed by atoms with Crippen LogP contribution in [0.4, 0.5) is 0 Å². The van der Waals surface area contributed by atoms with Gasteiger partial charge in [0.1, 0.15) is 5.76 Å². The Balaban J connectivity index is 0.00000242. The number of guanidine groups is 1. The first-order chi connectivity index (χ1) is 10.2. The highest BCUT2D eigenvalue weighted by Gasteiger charge is 2.01. The number of halogens is 3. The van der Waals surface area contributed by atoms with E-state index < -0.39 is 0 Å². The van der Waals surface area contributed by atoms with E-state index >= 15 is 0 Å². The summed E-state index contributed by atoms with van der Waals surface area (Å²) in [6.07, 6.45) is 2.46. The Morgan fingerprint density at radius 1 is 1.18 bits per heavy atom. The zero-order valence-corrected chi connectivity index (χ0v) is 15.9. The summed E-state index contributed by atoms with van der Waals surface area (Å²) in [5.74, 6) is 1.58. The van der Waals surface area contributed by atoms with Gasteiger partial charge < -0.3 is 15.1 Å². The van der Waals surface area contributed by atoms with Crippen LogP contribution in [0.15, 0.2) is 46.0 Å². The molecule has 0 radical (unpaired) electrons. The molecule has 0 saturated carbocycles. The van der Waals surface area contributed by atoms with Crippen LogP contribution in [0.1, 0.15) is 11.3 Å². The lowest BCUT2D eigenvalue weighted by Gasteiger charge is -2.11. The van der Waals surface area contributed by atoms with Gasteiger partial charge in [-0.2, -0.15) is 0 Å². The Morgan fingerprint density at radius 3 is 2.50 bits per heavy atom. The van der Waals surface area contributed by atoms with Crippen molar-refractivity contribution in [3.63, 3.8) is 0 Å². The van der Waals surface area contributed by atoms with E-state index in [1.807, 2.05) is 24.3 Å². The molecular weight excluding hydrogens is 436 g/mol. The smallest absolute Gasteiger partial charge is 0.191 e. The average molecular weight is 454 g/mol. The first-order valence-corrected chi connectivity index (χ1v) is 7.35. The molecule has 0 atom stereocenters. The maximum absolute atomic E-state index is 5.97. The molecule has 7 heteroatoms. The van der Waals surface area contributed by atoms with Crippen molar-refractivity contribution in [3.05, 3.63) is 58.0 Å². The molecule has 2 rings (SSSR count). The fourth-order valence-electron chi connectivity index (χ4n) is 1.89. The highest BCUT2D eigenvalue weighted by atomic mass is 127. The van der Waals surface area contributed by atoms with Crippen LogP contribution < -0.4 is 10.6 Å². The van der Waals surface area contributed by atoms with Gasteiger partial charge in [0.25, 0.3) is 0 Å². The monoisotopic (exact) mass is 453 g/mol. The van der Waals surface area contributed by atoms with Gasteiger partial charge in [-0.3, -0.25) is 4.99 Å². The molecule has 0 aliphatic carbocycles. The molecular formula is C15H18Cl2IN3O. The van der Waals surface area contributed by atoms with Crippen LogP contribution >= 0.6 is 47.2 Å². The predicted molar refractivity (Wildman–Crippen MR) is 102 cm³/mol. The number of nitrogens with one attached hydrogen (secondary N) is 2. The Kier molecular flexibility index (Phi) is 8.67. The van der Waals surface area contributed by atoms with Gasteiger partial charge in [0.15, 0.2) is 5.96 Å². The maximum atomic E-state index is 5.97. The molecule has 0 aliphatic heterocycles. The molecule has 1 aromatic carbocycles. The lowest BCUT2D eigenvalue weighted by molar-refractivity contribution is 0.501. The molecule has 0 bridgehead atoms. The van der Waals surface area contributed by atoms with E-state index in [4.69, 9.17) is 27.6 Å². The number of hydrogen-bond acceptors (Lipinski definition) is 2. The minimum Gasteiger partial charge on any atom is -0.467 e. The zero-order chi connectivity index (χ0) is 15.1. The van der Waals surface area contributed by atoms with E-state index in [9.17, 15) is 0 Å². The van der Waals surface area contributed by atoms with E-state index in [1.54, 1.807) is 19.4 Å². The third-order valence-corrected chi connectivity index (χ3v) is 3.30. The largest absolute Gasteiger partial charge is 0.467 e. The molecule has 22 heavy (non-hydrogen) atoms. The molecule has 0 amide bonds. The molecule has 1 heterocycles. The van der Waals surface area contributed by atoms with Crippen LogP contribution in [0.3, 0.4) is 0 Å². The molecule has 0 fully saturated rings. The average Bonchev–Trinajstić information content (AvgIpc) is 2.94. The van der Waals surface area contributed by atoms with Crippen molar-refractivity contribution < 1.29 is 4.42 Å². The first-order valence-electron chi connectivity index (χ1n) is 6.59. The van der Waals surface area contributed by atoms with Gasteiger partial charge in [-0.05, 0) is 42.3 Å². The third-order valence-electron chi connectivity index (χ3n) is 2.86. The number of benzene rings is 1. The van der Waals surface area contributed by atoms with Crippen molar-refractivity contribution in [3.8, 4) is 0 Å². The van der Waals surface area contributed by atoms with Crippen LogP contribution in [0.2, 0.25) is 10.0 Å². The number of furan rings is 1. The van der Waals surface area contributed by atoms with Crippen molar-refractivity contribution in [2.75, 3.05) is 13.6 Å². The van der Waals surface area contributed by atoms with Gasteiger partial charge in [-0.25, -0.2) is 0 Å². The number of aliphatic imine (C=N–C) groups is 1. The molecule has 120 valence electrons. The molecule has 4 nitrogen and oxygen atoms in total. The van der Waals surface area contributed by atoms with Crippen molar-refractivity contribution >= 4 is 53.1 Å². The Hall–Kier alpha value is -0.920. The van der Waals surface area contributed by atoms with Gasteiger partial charge in [-0.15, -0.1) is 24.0 Å². The van der Waals surface area contributed by atoms with Crippen LogP contribution in [-0.4, -0.2) is 19.6 Å². The van der Waals surface area contributed by atoms with E-state index in [1.165, 1.54) is 0 Å². The van der Waals surface area contributed by atoms with Crippen molar-refractivity contribution in [1.82, 2.24) is 10.6 Å². The highest BCUT2D eigenvalue weighted by molar-refractivity contribution is 14.0. The summed E-state index contributed by atoms with van der Waals surface area (Å²) in [6.45, 7) is 1.32. The topological polar surface area (TPSA) is 49.6 Å². The lowest BCUT2D eigenvalue weighted by atomic mass is 10.1. The number of rotatable bonds is 5. The van der Waals surface area contributed by atoms with E-state index in [2.05, 4.69) is 15.6 Å². The molecule has 0 saturated heterocycles. The van der Waals surface area contributed by atoms with Crippen molar-refractivity contribution in [2.45, 2.75) is 13.0 Å². The highest BCUT2D eigenvalue weighted by Crippen LogP contribution is 2.19. The van der Waals surface area contributed by atoms with Gasteiger partial charge >= 0.3 is 0 Å². The second-order valence-electron chi connectivity index (χ2n) is 4.46. The van der Waals surface area contributed by atoms with Crippen molar-refractivity contribution in [1.29, 1.82) is 0 Å². The van der Waals surface area contributed by atoms with E-state index in [-0.39, 0.29) is 24.0 Å². The van der Waals surface area contributed by atoms with Crippen LogP contribution in [0.25, 0.3) is 0 Å². The molecule has 2 N–H and O–H groups in total. The Bertz CT molecular complexity index is 583. The fourth-order valence-corrected chi connectivity index (χ4v) is 2.46. The molecule has 1 aromatic heterocycles. The third kappa shape index (κ3) is 6.46. The summed E-state index contributed by atoms with van der Waals surface area (Å²) < 4.78 is 5.25. The summed E-state index contributed by atoms with van der Waals surface area (Å²) in [6, 6.07) is 9.32. The zero-order valence-electron chi connectivity index (χ0n) is 12.1. The minimum atomic E-state index is 0. The molecule has 0 aliphatic rings. The number of hydrogen-bond donors (Lipinski definition) is 2. The molecule has 2 aromatic rings. The lowest BCUT2D eigenvalue weighted by Crippen LogP contribution is -2.37. The number of nitrogens with zero attached hydrogens (tertiary/aromatic N) is 1. The van der Waals surface area contributed by atoms with Gasteiger partial charge in [0, 0.05) is 23.6 Å². The fraction of sp³-hybridized carbons (Fsp3) is 0.267.